The summed E-state index contributed by atoms with van der Waals surface area (Å²) in [5, 5.41) is 4.02. The molecule has 2 aliphatic heterocycles. The number of benzene rings is 2. The fraction of sp³-hybridized carbons (Fsp3) is 0.407. The SMILES string of the molecule is CC1CCN(c2ccc(-c3noc(C(=O)N4CCN(C(=O)COc5ccccc5)CC4)n3)cc2)CC1. The maximum atomic E-state index is 12.9. The number of para-hydroxylation sites is 1. The van der Waals surface area contributed by atoms with Crippen molar-refractivity contribution < 1.29 is 18.8 Å². The Bertz CT molecular complexity index is 1160. The van der Waals surface area contributed by atoms with E-state index < -0.39 is 0 Å². The van der Waals surface area contributed by atoms with Gasteiger partial charge in [-0.1, -0.05) is 30.3 Å². The monoisotopic (exact) mass is 489 g/mol. The second-order valence-corrected chi connectivity index (χ2v) is 9.41. The third kappa shape index (κ3) is 5.50. The molecule has 0 spiro atoms. The van der Waals surface area contributed by atoms with Gasteiger partial charge in [-0.25, -0.2) is 0 Å². The highest BCUT2D eigenvalue weighted by atomic mass is 16.5. The zero-order valence-corrected chi connectivity index (χ0v) is 20.5. The smallest absolute Gasteiger partial charge is 0.316 e. The van der Waals surface area contributed by atoms with Crippen LogP contribution in [0.2, 0.25) is 0 Å². The third-order valence-corrected chi connectivity index (χ3v) is 6.91. The first kappa shape index (κ1) is 23.8. The number of carbonyl (C=O) groups excluding carboxylic acids is 2. The lowest BCUT2D eigenvalue weighted by Gasteiger charge is -2.33. The average Bonchev–Trinajstić information content (AvgIpc) is 3.43. The van der Waals surface area contributed by atoms with Crippen molar-refractivity contribution in [1.82, 2.24) is 19.9 Å². The molecular formula is C27H31N5O4. The fourth-order valence-corrected chi connectivity index (χ4v) is 4.56. The van der Waals surface area contributed by atoms with E-state index in [0.717, 1.165) is 24.6 Å². The first-order chi connectivity index (χ1) is 17.6. The molecule has 0 bridgehead atoms. The van der Waals surface area contributed by atoms with E-state index in [1.807, 2.05) is 42.5 Å². The lowest BCUT2D eigenvalue weighted by atomic mass is 9.98. The first-order valence-electron chi connectivity index (χ1n) is 12.5. The molecular weight excluding hydrogens is 458 g/mol. The Morgan fingerprint density at radius 1 is 0.917 bits per heavy atom. The number of anilines is 1. The number of aromatic nitrogens is 2. The van der Waals surface area contributed by atoms with Crippen molar-refractivity contribution in [2.75, 3.05) is 50.8 Å². The minimum Gasteiger partial charge on any atom is -0.484 e. The van der Waals surface area contributed by atoms with Gasteiger partial charge in [-0.2, -0.15) is 4.98 Å². The fourth-order valence-electron chi connectivity index (χ4n) is 4.56. The summed E-state index contributed by atoms with van der Waals surface area (Å²) < 4.78 is 10.8. The molecule has 1 aromatic heterocycles. The lowest BCUT2D eigenvalue weighted by Crippen LogP contribution is -2.51. The summed E-state index contributed by atoms with van der Waals surface area (Å²) in [6, 6.07) is 17.3. The number of nitrogens with zero attached hydrogens (tertiary/aromatic N) is 5. The largest absolute Gasteiger partial charge is 0.484 e. The molecule has 9 heteroatoms. The van der Waals surface area contributed by atoms with Gasteiger partial charge in [0.1, 0.15) is 5.75 Å². The van der Waals surface area contributed by atoms with Crippen LogP contribution in [0.1, 0.15) is 30.5 Å². The van der Waals surface area contributed by atoms with Crippen molar-refractivity contribution in [3.63, 3.8) is 0 Å². The topological polar surface area (TPSA) is 92.0 Å². The molecule has 188 valence electrons. The van der Waals surface area contributed by atoms with Crippen LogP contribution in [-0.4, -0.2) is 77.6 Å². The number of rotatable bonds is 6. The average molecular weight is 490 g/mol. The molecule has 2 amide bonds. The van der Waals surface area contributed by atoms with Crippen LogP contribution in [0.15, 0.2) is 59.1 Å². The minimum atomic E-state index is -0.319. The third-order valence-electron chi connectivity index (χ3n) is 6.91. The summed E-state index contributed by atoms with van der Waals surface area (Å²) in [5.74, 6) is 1.37. The minimum absolute atomic E-state index is 0.0271. The standard InChI is InChI=1S/C27H31N5O4/c1-20-11-13-30(14-12-20)22-9-7-21(8-10-22)25-28-26(36-29-25)27(34)32-17-15-31(16-18-32)24(33)19-35-23-5-3-2-4-6-23/h2-10,20H,11-19H2,1H3. The van der Waals surface area contributed by atoms with Crippen LogP contribution in [0, 0.1) is 5.92 Å². The van der Waals surface area contributed by atoms with Crippen molar-refractivity contribution in [3.8, 4) is 17.1 Å². The van der Waals surface area contributed by atoms with Gasteiger partial charge >= 0.3 is 11.8 Å². The molecule has 3 heterocycles. The summed E-state index contributed by atoms with van der Waals surface area (Å²) in [5.41, 5.74) is 1.99. The highest BCUT2D eigenvalue weighted by molar-refractivity contribution is 5.90. The van der Waals surface area contributed by atoms with Gasteiger partial charge in [-0.15, -0.1) is 0 Å². The molecule has 5 rings (SSSR count). The maximum absolute atomic E-state index is 12.9. The molecule has 36 heavy (non-hydrogen) atoms. The number of hydrogen-bond acceptors (Lipinski definition) is 7. The van der Waals surface area contributed by atoms with Crippen molar-refractivity contribution >= 4 is 17.5 Å². The van der Waals surface area contributed by atoms with Gasteiger partial charge < -0.3 is 24.0 Å². The van der Waals surface area contributed by atoms with E-state index >= 15 is 0 Å². The summed E-state index contributed by atoms with van der Waals surface area (Å²) in [7, 11) is 0. The van der Waals surface area contributed by atoms with Crippen molar-refractivity contribution in [2.45, 2.75) is 19.8 Å². The number of ether oxygens (including phenoxy) is 1. The second kappa shape index (κ2) is 10.8. The van der Waals surface area contributed by atoms with E-state index in [1.54, 1.807) is 9.80 Å². The normalized spacial score (nSPS) is 16.8. The summed E-state index contributed by atoms with van der Waals surface area (Å²) in [6.45, 7) is 6.08. The quantitative estimate of drug-likeness (QED) is 0.524. The van der Waals surface area contributed by atoms with Crippen molar-refractivity contribution in [1.29, 1.82) is 0 Å². The van der Waals surface area contributed by atoms with Crippen LogP contribution in [0.25, 0.3) is 11.4 Å². The molecule has 2 aromatic carbocycles. The van der Waals surface area contributed by atoms with Crippen LogP contribution in [0.5, 0.6) is 5.75 Å². The number of hydrogen-bond donors (Lipinski definition) is 0. The lowest BCUT2D eigenvalue weighted by molar-refractivity contribution is -0.134. The summed E-state index contributed by atoms with van der Waals surface area (Å²) in [4.78, 5) is 35.5. The Balaban J connectivity index is 1.13. The highest BCUT2D eigenvalue weighted by Crippen LogP contribution is 2.25. The Hall–Kier alpha value is -3.88. The van der Waals surface area contributed by atoms with E-state index in [-0.39, 0.29) is 24.3 Å². The number of amides is 2. The predicted molar refractivity (Wildman–Crippen MR) is 135 cm³/mol. The van der Waals surface area contributed by atoms with Crippen LogP contribution in [0.3, 0.4) is 0 Å². The highest BCUT2D eigenvalue weighted by Gasteiger charge is 2.28. The Labute approximate surface area is 210 Å². The van der Waals surface area contributed by atoms with Crippen molar-refractivity contribution in [2.24, 2.45) is 5.92 Å². The number of carbonyl (C=O) groups is 2. The van der Waals surface area contributed by atoms with E-state index in [9.17, 15) is 9.59 Å². The molecule has 0 N–H and O–H groups in total. The molecule has 2 saturated heterocycles. The second-order valence-electron chi connectivity index (χ2n) is 9.41. The van der Waals surface area contributed by atoms with Crippen LogP contribution in [0.4, 0.5) is 5.69 Å². The molecule has 0 atom stereocenters. The molecule has 3 aromatic rings. The maximum Gasteiger partial charge on any atom is 0.316 e. The van der Waals surface area contributed by atoms with Gasteiger partial charge in [0.2, 0.25) is 5.82 Å². The van der Waals surface area contributed by atoms with Gasteiger partial charge in [0.05, 0.1) is 0 Å². The van der Waals surface area contributed by atoms with E-state index in [2.05, 4.69) is 34.1 Å². The van der Waals surface area contributed by atoms with E-state index in [1.165, 1.54) is 18.5 Å². The molecule has 2 aliphatic rings. The Kier molecular flexibility index (Phi) is 7.16. The number of piperidine rings is 1. The molecule has 0 radical (unpaired) electrons. The van der Waals surface area contributed by atoms with Gasteiger partial charge in [0, 0.05) is 50.5 Å². The summed E-state index contributed by atoms with van der Waals surface area (Å²) in [6.07, 6.45) is 2.42. The predicted octanol–water partition coefficient (Wildman–Crippen LogP) is 3.34. The number of piperazine rings is 1. The molecule has 0 unspecified atom stereocenters. The molecule has 9 nitrogen and oxygen atoms in total. The van der Waals surface area contributed by atoms with Crippen molar-refractivity contribution in [3.05, 3.63) is 60.5 Å². The van der Waals surface area contributed by atoms with Crippen LogP contribution >= 0.6 is 0 Å². The van der Waals surface area contributed by atoms with Crippen LogP contribution < -0.4 is 9.64 Å². The Morgan fingerprint density at radius 2 is 1.58 bits per heavy atom. The Morgan fingerprint density at radius 3 is 2.28 bits per heavy atom. The van der Waals surface area contributed by atoms with E-state index in [4.69, 9.17) is 9.26 Å². The summed E-state index contributed by atoms with van der Waals surface area (Å²) >= 11 is 0. The van der Waals surface area contributed by atoms with Gasteiger partial charge in [0.15, 0.2) is 6.61 Å². The first-order valence-corrected chi connectivity index (χ1v) is 12.5. The molecule has 0 saturated carbocycles. The molecule has 0 aliphatic carbocycles. The van der Waals surface area contributed by atoms with Gasteiger partial charge in [-0.05, 0) is 55.2 Å². The van der Waals surface area contributed by atoms with Crippen LogP contribution in [-0.2, 0) is 4.79 Å². The van der Waals surface area contributed by atoms with E-state index in [0.29, 0.717) is 37.8 Å². The van der Waals surface area contributed by atoms with Gasteiger partial charge in [0.25, 0.3) is 5.91 Å². The zero-order valence-electron chi connectivity index (χ0n) is 20.5. The molecule has 2 fully saturated rings. The zero-order chi connectivity index (χ0) is 24.9. The van der Waals surface area contributed by atoms with Gasteiger partial charge in [-0.3, -0.25) is 9.59 Å².